The van der Waals surface area contributed by atoms with Gasteiger partial charge in [-0.1, -0.05) is 42.5 Å². The van der Waals surface area contributed by atoms with Crippen LogP contribution in [0, 0.1) is 0 Å². The summed E-state index contributed by atoms with van der Waals surface area (Å²) in [6.45, 7) is 15.9. The molecule has 2 heterocycles. The number of piperazine rings is 1. The third-order valence-corrected chi connectivity index (χ3v) is 7.80. The molecule has 0 bridgehead atoms. The first kappa shape index (κ1) is 35.7. The Labute approximate surface area is 282 Å². The Morgan fingerprint density at radius 3 is 2.32 bits per heavy atom. The number of hydrogen-bond donors (Lipinski definition) is 1. The molecule has 1 saturated heterocycles. The van der Waals surface area contributed by atoms with Crippen molar-refractivity contribution >= 4 is 34.6 Å². The molecular weight excluding hydrogens is 616 g/mol. The van der Waals surface area contributed by atoms with E-state index in [0.29, 0.717) is 24.8 Å². The number of carbonyl (C=O) groups excluding carboxylic acids is 2. The SMILES string of the molecule is CC(C)(C)OC(=O)N1CCN(CCCCOc2cccc(-c3csc(/N=C(\N)N(Cc4ccccc4)C(=O)OC(C)(C)C)n3)c2)CC1. The molecule has 0 aliphatic carbocycles. The highest BCUT2D eigenvalue weighted by molar-refractivity contribution is 7.13. The van der Waals surface area contributed by atoms with Crippen molar-refractivity contribution in [3.63, 3.8) is 0 Å². The molecule has 3 aromatic rings. The molecule has 11 nitrogen and oxygen atoms in total. The fourth-order valence-electron chi connectivity index (χ4n) is 4.78. The van der Waals surface area contributed by atoms with Gasteiger partial charge in [-0.15, -0.1) is 11.3 Å². The molecule has 1 aromatic heterocycles. The minimum atomic E-state index is -0.686. The second kappa shape index (κ2) is 16.1. The van der Waals surface area contributed by atoms with Gasteiger partial charge in [0.15, 0.2) is 0 Å². The van der Waals surface area contributed by atoms with Crippen LogP contribution < -0.4 is 10.5 Å². The van der Waals surface area contributed by atoms with Crippen LogP contribution in [0.25, 0.3) is 11.3 Å². The maximum Gasteiger partial charge on any atom is 0.417 e. The summed E-state index contributed by atoms with van der Waals surface area (Å²) in [6.07, 6.45) is 1.11. The number of benzene rings is 2. The highest BCUT2D eigenvalue weighted by Crippen LogP contribution is 2.29. The largest absolute Gasteiger partial charge is 0.494 e. The van der Waals surface area contributed by atoms with Crippen LogP contribution in [-0.2, 0) is 16.0 Å². The van der Waals surface area contributed by atoms with Crippen LogP contribution in [0.1, 0.15) is 59.9 Å². The van der Waals surface area contributed by atoms with Crippen molar-refractivity contribution in [2.24, 2.45) is 10.7 Å². The fraction of sp³-hybridized carbons (Fsp3) is 0.486. The molecule has 0 unspecified atom stereocenters. The second-order valence-corrected chi connectivity index (χ2v) is 14.3. The molecule has 1 fully saturated rings. The number of guanidine groups is 1. The minimum Gasteiger partial charge on any atom is -0.494 e. The standard InChI is InChI=1S/C35H48N6O5S/c1-34(2,3)45-32(42)40-20-18-39(19-21-40)17-10-11-22-44-28-16-12-15-27(23-28)29-25-47-31(37-29)38-30(36)41(33(43)46-35(4,5)6)24-26-13-8-7-9-14-26/h7-9,12-16,23,25H,10-11,17-22,24H2,1-6H3,(H2,36,37,38). The molecule has 12 heteroatoms. The van der Waals surface area contributed by atoms with E-state index in [0.717, 1.165) is 55.0 Å². The van der Waals surface area contributed by atoms with Crippen LogP contribution in [0.3, 0.4) is 0 Å². The first-order chi connectivity index (χ1) is 22.3. The van der Waals surface area contributed by atoms with Gasteiger partial charge in [-0.3, -0.25) is 4.90 Å². The first-order valence-electron chi connectivity index (χ1n) is 16.0. The monoisotopic (exact) mass is 664 g/mol. The highest BCUT2D eigenvalue weighted by Gasteiger charge is 2.27. The zero-order valence-corrected chi connectivity index (χ0v) is 29.2. The normalized spacial score (nSPS) is 14.5. The summed E-state index contributed by atoms with van der Waals surface area (Å²) in [7, 11) is 0. The number of carbonyl (C=O) groups is 2. The van der Waals surface area contributed by atoms with Gasteiger partial charge in [-0.05, 0) is 78.6 Å². The molecule has 0 atom stereocenters. The number of hydrogen-bond acceptors (Lipinski definition) is 9. The number of unbranched alkanes of at least 4 members (excludes halogenated alkanes) is 1. The zero-order valence-electron chi connectivity index (χ0n) is 28.4. The predicted molar refractivity (Wildman–Crippen MR) is 186 cm³/mol. The van der Waals surface area contributed by atoms with Crippen LogP contribution in [-0.4, -0.2) is 88.4 Å². The smallest absolute Gasteiger partial charge is 0.417 e. The van der Waals surface area contributed by atoms with Crippen LogP contribution in [0.4, 0.5) is 14.7 Å². The molecule has 47 heavy (non-hydrogen) atoms. The molecule has 4 rings (SSSR count). The second-order valence-electron chi connectivity index (χ2n) is 13.4. The van der Waals surface area contributed by atoms with Crippen molar-refractivity contribution in [2.45, 2.75) is 72.1 Å². The van der Waals surface area contributed by atoms with Gasteiger partial charge in [0.2, 0.25) is 11.1 Å². The molecule has 0 spiro atoms. The summed E-state index contributed by atoms with van der Waals surface area (Å²) < 4.78 is 17.1. The number of nitrogens with zero attached hydrogens (tertiary/aromatic N) is 5. The Kier molecular flexibility index (Phi) is 12.2. The number of thiazole rings is 1. The summed E-state index contributed by atoms with van der Waals surface area (Å²) in [5, 5.41) is 2.33. The number of aliphatic imine (C=N–C) groups is 1. The van der Waals surface area contributed by atoms with Crippen LogP contribution in [0.2, 0.25) is 0 Å². The van der Waals surface area contributed by atoms with E-state index in [1.54, 1.807) is 4.90 Å². The van der Waals surface area contributed by atoms with Gasteiger partial charge in [0.05, 0.1) is 18.8 Å². The lowest BCUT2D eigenvalue weighted by molar-refractivity contribution is 0.0143. The predicted octanol–water partition coefficient (Wildman–Crippen LogP) is 6.91. The van der Waals surface area contributed by atoms with E-state index in [-0.39, 0.29) is 18.6 Å². The molecule has 2 amide bonds. The van der Waals surface area contributed by atoms with E-state index >= 15 is 0 Å². The summed E-state index contributed by atoms with van der Waals surface area (Å²) in [4.78, 5) is 39.9. The van der Waals surface area contributed by atoms with Gasteiger partial charge >= 0.3 is 12.2 Å². The minimum absolute atomic E-state index is 0.00556. The van der Waals surface area contributed by atoms with E-state index in [1.807, 2.05) is 102 Å². The van der Waals surface area contributed by atoms with Gasteiger partial charge in [-0.2, -0.15) is 4.99 Å². The quantitative estimate of drug-likeness (QED) is 0.141. The number of ether oxygens (including phenoxy) is 3. The van der Waals surface area contributed by atoms with Crippen molar-refractivity contribution in [2.75, 3.05) is 39.3 Å². The zero-order chi connectivity index (χ0) is 34.0. The molecule has 1 aliphatic rings. The van der Waals surface area contributed by atoms with Crippen LogP contribution >= 0.6 is 11.3 Å². The van der Waals surface area contributed by atoms with Crippen molar-refractivity contribution in [3.05, 3.63) is 65.5 Å². The van der Waals surface area contributed by atoms with E-state index in [4.69, 9.17) is 19.9 Å². The van der Waals surface area contributed by atoms with E-state index in [1.165, 1.54) is 16.2 Å². The maximum absolute atomic E-state index is 13.0. The van der Waals surface area contributed by atoms with Crippen molar-refractivity contribution in [3.8, 4) is 17.0 Å². The molecule has 1 aliphatic heterocycles. The third-order valence-electron chi connectivity index (χ3n) is 7.07. The van der Waals surface area contributed by atoms with Crippen LogP contribution in [0.5, 0.6) is 5.75 Å². The Morgan fingerprint density at radius 1 is 0.936 bits per heavy atom. The van der Waals surface area contributed by atoms with Gasteiger partial charge in [0, 0.05) is 37.1 Å². The summed E-state index contributed by atoms with van der Waals surface area (Å²) in [5.74, 6) is 0.774. The van der Waals surface area contributed by atoms with E-state index in [2.05, 4.69) is 14.9 Å². The molecule has 0 radical (unpaired) electrons. The number of rotatable bonds is 10. The first-order valence-corrected chi connectivity index (χ1v) is 16.9. The maximum atomic E-state index is 13.0. The molecule has 2 N–H and O–H groups in total. The van der Waals surface area contributed by atoms with Gasteiger partial charge in [0.1, 0.15) is 17.0 Å². The highest BCUT2D eigenvalue weighted by atomic mass is 32.1. The van der Waals surface area contributed by atoms with Crippen molar-refractivity contribution < 1.29 is 23.8 Å². The molecular formula is C35H48N6O5S. The molecule has 2 aromatic carbocycles. The average Bonchev–Trinajstić information content (AvgIpc) is 3.47. The number of nitrogens with two attached hydrogens (primary N) is 1. The lowest BCUT2D eigenvalue weighted by Gasteiger charge is -2.35. The molecule has 254 valence electrons. The average molecular weight is 665 g/mol. The topological polar surface area (TPSA) is 123 Å². The molecule has 0 saturated carbocycles. The van der Waals surface area contributed by atoms with Crippen molar-refractivity contribution in [1.29, 1.82) is 0 Å². The van der Waals surface area contributed by atoms with E-state index in [9.17, 15) is 9.59 Å². The van der Waals surface area contributed by atoms with Gasteiger partial charge in [0.25, 0.3) is 0 Å². The van der Waals surface area contributed by atoms with Crippen molar-refractivity contribution in [1.82, 2.24) is 19.7 Å². The summed E-state index contributed by atoms with van der Waals surface area (Å²) in [6, 6.07) is 17.4. The Hall–Kier alpha value is -4.16. The Morgan fingerprint density at radius 2 is 1.64 bits per heavy atom. The Balaban J connectivity index is 1.27. The lowest BCUT2D eigenvalue weighted by Crippen LogP contribution is -2.50. The summed E-state index contributed by atoms with van der Waals surface area (Å²) >= 11 is 1.34. The Bertz CT molecular complexity index is 1490. The van der Waals surface area contributed by atoms with Gasteiger partial charge < -0.3 is 24.8 Å². The van der Waals surface area contributed by atoms with Gasteiger partial charge in [-0.25, -0.2) is 19.5 Å². The fourth-order valence-corrected chi connectivity index (χ4v) is 5.49. The summed E-state index contributed by atoms with van der Waals surface area (Å²) in [5.41, 5.74) is 7.72. The number of amides is 2. The number of aromatic nitrogens is 1. The third kappa shape index (κ3) is 11.9. The van der Waals surface area contributed by atoms with E-state index < -0.39 is 17.3 Å². The van der Waals surface area contributed by atoms with Crippen LogP contribution in [0.15, 0.2) is 65.0 Å². The lowest BCUT2D eigenvalue weighted by atomic mass is 10.1.